The zero-order valence-electron chi connectivity index (χ0n) is 19.6. The predicted octanol–water partition coefficient (Wildman–Crippen LogP) is 3.68. The lowest BCUT2D eigenvalue weighted by Crippen LogP contribution is -2.31. The highest BCUT2D eigenvalue weighted by Gasteiger charge is 2.25. The Kier molecular flexibility index (Phi) is 7.33. The first kappa shape index (κ1) is 24.0. The van der Waals surface area contributed by atoms with Crippen LogP contribution in [-0.4, -0.2) is 54.6 Å². The van der Waals surface area contributed by atoms with Gasteiger partial charge in [-0.15, -0.1) is 0 Å². The van der Waals surface area contributed by atoms with Gasteiger partial charge in [0.15, 0.2) is 0 Å². The predicted molar refractivity (Wildman–Crippen MR) is 134 cm³/mol. The summed E-state index contributed by atoms with van der Waals surface area (Å²) in [5.74, 6) is -0.217. The maximum Gasteiger partial charge on any atom is 0.243 e. The van der Waals surface area contributed by atoms with Crippen LogP contribution in [0.4, 0.5) is 11.4 Å². The number of rotatable bonds is 9. The van der Waals surface area contributed by atoms with Crippen LogP contribution >= 0.6 is 0 Å². The van der Waals surface area contributed by atoms with Gasteiger partial charge < -0.3 is 10.2 Å². The second-order valence-electron chi connectivity index (χ2n) is 8.32. The number of carbonyl (C=O) groups excluding carboxylic acids is 1. The molecule has 1 saturated heterocycles. The van der Waals surface area contributed by atoms with Gasteiger partial charge in [-0.1, -0.05) is 32.0 Å². The first-order valence-electron chi connectivity index (χ1n) is 11.7. The van der Waals surface area contributed by atoms with Crippen LogP contribution in [0.2, 0.25) is 0 Å². The van der Waals surface area contributed by atoms with Gasteiger partial charge in [-0.05, 0) is 48.7 Å². The minimum absolute atomic E-state index is 0.138. The number of hydrogen-bond donors (Lipinski definition) is 1. The first-order valence-corrected chi connectivity index (χ1v) is 13.1. The van der Waals surface area contributed by atoms with Crippen LogP contribution in [0.15, 0.2) is 65.8 Å². The maximum absolute atomic E-state index is 13.1. The third kappa shape index (κ3) is 5.15. The van der Waals surface area contributed by atoms with Gasteiger partial charge in [-0.3, -0.25) is 4.79 Å². The Bertz CT molecular complexity index is 1230. The van der Waals surface area contributed by atoms with Crippen LogP contribution in [0.25, 0.3) is 5.69 Å². The molecule has 4 rings (SSSR count). The number of sulfonamides is 1. The molecule has 0 aliphatic carbocycles. The fraction of sp³-hybridized carbons (Fsp3) is 0.360. The molecule has 0 unspecified atom stereocenters. The van der Waals surface area contributed by atoms with Gasteiger partial charge in [0.1, 0.15) is 0 Å². The minimum Gasteiger partial charge on any atom is -0.370 e. The summed E-state index contributed by atoms with van der Waals surface area (Å²) in [6.07, 6.45) is 5.79. The first-order chi connectivity index (χ1) is 16.4. The number of benzene rings is 2. The van der Waals surface area contributed by atoms with Crippen molar-refractivity contribution in [3.05, 3.63) is 66.5 Å². The van der Waals surface area contributed by atoms with E-state index in [-0.39, 0.29) is 17.2 Å². The molecule has 1 aromatic heterocycles. The zero-order valence-corrected chi connectivity index (χ0v) is 20.5. The second kappa shape index (κ2) is 10.4. The van der Waals surface area contributed by atoms with E-state index in [1.54, 1.807) is 23.0 Å². The molecule has 2 heterocycles. The van der Waals surface area contributed by atoms with Crippen molar-refractivity contribution in [1.82, 2.24) is 14.1 Å². The Morgan fingerprint density at radius 3 is 2.44 bits per heavy atom. The summed E-state index contributed by atoms with van der Waals surface area (Å²) in [5, 5.41) is 7.33. The lowest BCUT2D eigenvalue weighted by molar-refractivity contribution is -0.115. The molecule has 0 bridgehead atoms. The smallest absolute Gasteiger partial charge is 0.243 e. The number of carbonyl (C=O) groups is 1. The molecule has 1 aliphatic heterocycles. The van der Waals surface area contributed by atoms with E-state index >= 15 is 0 Å². The molecule has 34 heavy (non-hydrogen) atoms. The highest BCUT2D eigenvalue weighted by atomic mass is 32.2. The van der Waals surface area contributed by atoms with E-state index in [1.165, 1.54) is 4.31 Å². The zero-order chi connectivity index (χ0) is 24.1. The fourth-order valence-corrected chi connectivity index (χ4v) is 5.76. The van der Waals surface area contributed by atoms with Crippen molar-refractivity contribution in [2.45, 2.75) is 38.0 Å². The van der Waals surface area contributed by atoms with Crippen molar-refractivity contribution in [3.63, 3.8) is 0 Å². The number of anilines is 2. The molecular formula is C25H31N5O3S. The van der Waals surface area contributed by atoms with Crippen LogP contribution in [0.5, 0.6) is 0 Å². The Labute approximate surface area is 201 Å². The summed E-state index contributed by atoms with van der Waals surface area (Å²) in [7, 11) is -3.64. The molecule has 8 nitrogen and oxygen atoms in total. The monoisotopic (exact) mass is 481 g/mol. The summed E-state index contributed by atoms with van der Waals surface area (Å²) in [6, 6.07) is 14.7. The van der Waals surface area contributed by atoms with Crippen molar-refractivity contribution in [3.8, 4) is 5.69 Å². The summed E-state index contributed by atoms with van der Waals surface area (Å²) in [6.45, 7) is 6.18. The molecule has 1 N–H and O–H groups in total. The molecule has 1 fully saturated rings. The van der Waals surface area contributed by atoms with Gasteiger partial charge >= 0.3 is 0 Å². The summed E-state index contributed by atoms with van der Waals surface area (Å²) < 4.78 is 29.3. The van der Waals surface area contributed by atoms with Crippen LogP contribution in [0.3, 0.4) is 0 Å². The van der Waals surface area contributed by atoms with Gasteiger partial charge in [0.2, 0.25) is 15.9 Å². The van der Waals surface area contributed by atoms with E-state index in [4.69, 9.17) is 0 Å². The fourth-order valence-electron chi connectivity index (χ4n) is 4.28. The second-order valence-corrected chi connectivity index (χ2v) is 10.3. The molecule has 180 valence electrons. The van der Waals surface area contributed by atoms with Crippen LogP contribution in [-0.2, 0) is 21.2 Å². The van der Waals surface area contributed by atoms with E-state index in [9.17, 15) is 13.2 Å². The Morgan fingerprint density at radius 1 is 1.06 bits per heavy atom. The van der Waals surface area contributed by atoms with Crippen molar-refractivity contribution in [2.75, 3.05) is 36.4 Å². The van der Waals surface area contributed by atoms with Crippen molar-refractivity contribution in [1.29, 1.82) is 0 Å². The number of aromatic nitrogens is 2. The van der Waals surface area contributed by atoms with Gasteiger partial charge in [-0.25, -0.2) is 13.1 Å². The molecular weight excluding hydrogens is 450 g/mol. The Hall–Kier alpha value is -3.17. The maximum atomic E-state index is 13.1. The van der Waals surface area contributed by atoms with Crippen molar-refractivity contribution < 1.29 is 13.2 Å². The largest absolute Gasteiger partial charge is 0.370 e. The van der Waals surface area contributed by atoms with Gasteiger partial charge in [0.05, 0.1) is 34.6 Å². The molecule has 3 aromatic rings. The van der Waals surface area contributed by atoms with Gasteiger partial charge in [-0.2, -0.15) is 9.40 Å². The Balaban J connectivity index is 1.58. The average molecular weight is 482 g/mol. The molecule has 0 radical (unpaired) electrons. The van der Waals surface area contributed by atoms with Crippen molar-refractivity contribution >= 4 is 27.3 Å². The van der Waals surface area contributed by atoms with E-state index in [2.05, 4.69) is 15.3 Å². The quantitative estimate of drug-likeness (QED) is 0.504. The lowest BCUT2D eigenvalue weighted by atomic mass is 10.2. The topological polar surface area (TPSA) is 87.5 Å². The third-order valence-electron chi connectivity index (χ3n) is 6.05. The van der Waals surface area contributed by atoms with Gasteiger partial charge in [0.25, 0.3) is 0 Å². The molecule has 0 atom stereocenters. The third-order valence-corrected chi connectivity index (χ3v) is 8.10. The molecule has 1 amide bonds. The SMILES string of the molecule is CCN(CC)S(=O)(=O)c1ccc(N2CCCC2)c(NC(=O)Cc2cnn(-c3ccccc3)c2)c1. The number of nitrogens with zero attached hydrogens (tertiary/aromatic N) is 4. The highest BCUT2D eigenvalue weighted by molar-refractivity contribution is 7.89. The number of hydrogen-bond acceptors (Lipinski definition) is 5. The van der Waals surface area contributed by atoms with E-state index in [0.717, 1.165) is 42.9 Å². The lowest BCUT2D eigenvalue weighted by Gasteiger charge is -2.24. The molecule has 0 spiro atoms. The summed E-state index contributed by atoms with van der Waals surface area (Å²) in [4.78, 5) is 15.4. The molecule has 9 heteroatoms. The molecule has 0 saturated carbocycles. The van der Waals surface area contributed by atoms with Gasteiger partial charge in [0, 0.05) is 32.4 Å². The summed E-state index contributed by atoms with van der Waals surface area (Å²) in [5.41, 5.74) is 3.07. The number of nitrogens with one attached hydrogen (secondary N) is 1. The highest BCUT2D eigenvalue weighted by Crippen LogP contribution is 2.32. The number of para-hydroxylation sites is 1. The van der Waals surface area contributed by atoms with Crippen molar-refractivity contribution in [2.24, 2.45) is 0 Å². The van der Waals surface area contributed by atoms with E-state index in [1.807, 2.05) is 56.4 Å². The average Bonchev–Trinajstić information content (AvgIpc) is 3.53. The molecule has 2 aromatic carbocycles. The summed E-state index contributed by atoms with van der Waals surface area (Å²) >= 11 is 0. The number of amides is 1. The molecule has 1 aliphatic rings. The Morgan fingerprint density at radius 2 is 1.76 bits per heavy atom. The van der Waals surface area contributed by atoms with Crippen LogP contribution < -0.4 is 10.2 Å². The minimum atomic E-state index is -3.64. The van der Waals surface area contributed by atoms with Crippen LogP contribution in [0.1, 0.15) is 32.3 Å². The standard InChI is InChI=1S/C25H31N5O3S/c1-3-29(4-2)34(32,33)22-12-13-24(28-14-8-9-15-28)23(17-22)27-25(31)16-20-18-26-30(19-20)21-10-6-5-7-11-21/h5-7,10-13,17-19H,3-4,8-9,14-16H2,1-2H3,(H,27,31). The normalized spacial score (nSPS) is 14.0. The van der Waals surface area contributed by atoms with E-state index in [0.29, 0.717) is 18.8 Å². The van der Waals surface area contributed by atoms with Crippen LogP contribution in [0, 0.1) is 0 Å². The van der Waals surface area contributed by atoms with E-state index < -0.39 is 10.0 Å².